The smallest absolute Gasteiger partial charge is 0.241 e. The van der Waals surface area contributed by atoms with Crippen LogP contribution in [0.15, 0.2) is 42.5 Å². The van der Waals surface area contributed by atoms with Gasteiger partial charge in [0.1, 0.15) is 12.3 Å². The number of sulfonamides is 1. The van der Waals surface area contributed by atoms with Gasteiger partial charge in [0.15, 0.2) is 0 Å². The first-order valence-electron chi connectivity index (χ1n) is 8.52. The van der Waals surface area contributed by atoms with Gasteiger partial charge in [-0.3, -0.25) is 9.10 Å². The van der Waals surface area contributed by atoms with Crippen LogP contribution in [0, 0.1) is 0 Å². The van der Waals surface area contributed by atoms with Gasteiger partial charge in [0, 0.05) is 6.54 Å². The number of carbonyl (C=O) groups excluding carboxylic acids is 1. The molecule has 0 aliphatic carbocycles. The van der Waals surface area contributed by atoms with Crippen molar-refractivity contribution in [1.29, 1.82) is 0 Å². The molecule has 0 spiro atoms. The largest absolute Gasteiger partial charge is 0.491 e. The van der Waals surface area contributed by atoms with Crippen LogP contribution in [0.3, 0.4) is 0 Å². The Bertz CT molecular complexity index is 931. The molecule has 0 saturated carbocycles. The van der Waals surface area contributed by atoms with Crippen LogP contribution in [0.2, 0.25) is 10.0 Å². The number of rotatable bonds is 8. The Balaban J connectivity index is 2.05. The van der Waals surface area contributed by atoms with Crippen LogP contribution in [0.5, 0.6) is 5.75 Å². The third-order valence-corrected chi connectivity index (χ3v) is 5.61. The molecule has 0 aliphatic rings. The number of hydrogen-bond acceptors (Lipinski definition) is 4. The lowest BCUT2D eigenvalue weighted by atomic mass is 10.2. The van der Waals surface area contributed by atoms with Crippen LogP contribution in [0.4, 0.5) is 5.69 Å². The Hall–Kier alpha value is -1.96. The number of halogens is 2. The molecule has 28 heavy (non-hydrogen) atoms. The van der Waals surface area contributed by atoms with Crippen molar-refractivity contribution < 1.29 is 17.9 Å². The monoisotopic (exact) mass is 444 g/mol. The third kappa shape index (κ3) is 6.29. The minimum absolute atomic E-state index is 0.0723. The molecule has 0 atom stereocenters. The summed E-state index contributed by atoms with van der Waals surface area (Å²) >= 11 is 12.1. The van der Waals surface area contributed by atoms with Crippen molar-refractivity contribution in [2.24, 2.45) is 0 Å². The van der Waals surface area contributed by atoms with Gasteiger partial charge in [0.05, 0.1) is 28.1 Å². The number of ether oxygens (including phenoxy) is 1. The minimum Gasteiger partial charge on any atom is -0.491 e. The van der Waals surface area contributed by atoms with Crippen molar-refractivity contribution >= 4 is 44.8 Å². The summed E-state index contributed by atoms with van der Waals surface area (Å²) in [6.07, 6.45) is 1.08. The Labute approximate surface area is 175 Å². The number of amides is 1. The van der Waals surface area contributed by atoms with Crippen molar-refractivity contribution in [3.05, 3.63) is 58.1 Å². The third-order valence-electron chi connectivity index (χ3n) is 3.67. The van der Waals surface area contributed by atoms with Gasteiger partial charge in [0.2, 0.25) is 15.9 Å². The highest BCUT2D eigenvalue weighted by atomic mass is 35.5. The van der Waals surface area contributed by atoms with Gasteiger partial charge in [-0.1, -0.05) is 41.4 Å². The molecular weight excluding hydrogens is 423 g/mol. The number of anilines is 1. The fourth-order valence-electron chi connectivity index (χ4n) is 2.41. The van der Waals surface area contributed by atoms with E-state index in [1.165, 1.54) is 6.07 Å². The van der Waals surface area contributed by atoms with E-state index >= 15 is 0 Å². The van der Waals surface area contributed by atoms with Gasteiger partial charge in [-0.15, -0.1) is 0 Å². The van der Waals surface area contributed by atoms with Crippen molar-refractivity contribution in [1.82, 2.24) is 5.32 Å². The lowest BCUT2D eigenvalue weighted by Gasteiger charge is -2.23. The Morgan fingerprint density at radius 2 is 1.79 bits per heavy atom. The van der Waals surface area contributed by atoms with Crippen LogP contribution in [0.25, 0.3) is 0 Å². The molecule has 0 aromatic heterocycles. The Kier molecular flexibility index (Phi) is 7.57. The number of carbonyl (C=O) groups is 1. The summed E-state index contributed by atoms with van der Waals surface area (Å²) < 4.78 is 30.8. The second-order valence-corrected chi connectivity index (χ2v) is 9.12. The summed E-state index contributed by atoms with van der Waals surface area (Å²) in [4.78, 5) is 12.3. The van der Waals surface area contributed by atoms with Gasteiger partial charge in [-0.05, 0) is 43.7 Å². The average Bonchev–Trinajstić information content (AvgIpc) is 2.60. The Morgan fingerprint density at radius 1 is 1.14 bits per heavy atom. The van der Waals surface area contributed by atoms with E-state index in [4.69, 9.17) is 27.9 Å². The molecular formula is C19H22Cl2N2O4S. The SMILES string of the molecule is CC(C)Oc1ccc(CNC(=O)CN(c2cccc(Cl)c2Cl)S(C)(=O)=O)cc1. The normalized spacial score (nSPS) is 11.4. The molecule has 0 heterocycles. The van der Waals surface area contributed by atoms with Crippen molar-refractivity contribution in [3.8, 4) is 5.75 Å². The summed E-state index contributed by atoms with van der Waals surface area (Å²) in [5, 5.41) is 2.98. The van der Waals surface area contributed by atoms with Crippen LogP contribution < -0.4 is 14.4 Å². The van der Waals surface area contributed by atoms with Crippen LogP contribution in [0.1, 0.15) is 19.4 Å². The van der Waals surface area contributed by atoms with E-state index in [0.717, 1.165) is 21.9 Å². The van der Waals surface area contributed by atoms with Crippen LogP contribution >= 0.6 is 23.2 Å². The van der Waals surface area contributed by atoms with E-state index in [9.17, 15) is 13.2 Å². The van der Waals surface area contributed by atoms with E-state index < -0.39 is 22.5 Å². The molecule has 0 bridgehead atoms. The van der Waals surface area contributed by atoms with Gasteiger partial charge in [-0.25, -0.2) is 8.42 Å². The maximum absolute atomic E-state index is 12.3. The molecule has 2 aromatic carbocycles. The van der Waals surface area contributed by atoms with Gasteiger partial charge < -0.3 is 10.1 Å². The molecule has 9 heteroatoms. The maximum atomic E-state index is 12.3. The van der Waals surface area contributed by atoms with Gasteiger partial charge >= 0.3 is 0 Å². The zero-order chi connectivity index (χ0) is 20.9. The zero-order valence-corrected chi connectivity index (χ0v) is 18.1. The fourth-order valence-corrected chi connectivity index (χ4v) is 3.72. The highest BCUT2D eigenvalue weighted by Gasteiger charge is 2.23. The standard InChI is InChI=1S/C19H22Cl2N2O4S/c1-13(2)27-15-9-7-14(8-10-15)11-22-18(24)12-23(28(3,25)26)17-6-4-5-16(20)19(17)21/h4-10,13H,11-12H2,1-3H3,(H,22,24). The fraction of sp³-hybridized carbons (Fsp3) is 0.316. The highest BCUT2D eigenvalue weighted by molar-refractivity contribution is 7.92. The minimum atomic E-state index is -3.74. The number of hydrogen-bond donors (Lipinski definition) is 1. The molecule has 0 fully saturated rings. The Morgan fingerprint density at radius 3 is 2.36 bits per heavy atom. The molecule has 0 unspecified atom stereocenters. The van der Waals surface area contributed by atoms with Gasteiger partial charge in [0.25, 0.3) is 0 Å². The first-order chi connectivity index (χ1) is 13.1. The zero-order valence-electron chi connectivity index (χ0n) is 15.8. The van der Waals surface area contributed by atoms with E-state index in [-0.39, 0.29) is 28.4 Å². The first kappa shape index (κ1) is 22.3. The van der Waals surface area contributed by atoms with Crippen LogP contribution in [-0.2, 0) is 21.4 Å². The van der Waals surface area contributed by atoms with E-state index in [1.807, 2.05) is 38.1 Å². The quantitative estimate of drug-likeness (QED) is 0.670. The molecule has 1 amide bonds. The lowest BCUT2D eigenvalue weighted by Crippen LogP contribution is -2.40. The van der Waals surface area contributed by atoms with E-state index in [2.05, 4.69) is 5.32 Å². The highest BCUT2D eigenvalue weighted by Crippen LogP contribution is 2.33. The van der Waals surface area contributed by atoms with E-state index in [1.54, 1.807) is 12.1 Å². The summed E-state index contributed by atoms with van der Waals surface area (Å²) in [6.45, 7) is 3.72. The summed E-state index contributed by atoms with van der Waals surface area (Å²) in [6, 6.07) is 11.9. The van der Waals surface area contributed by atoms with Crippen molar-refractivity contribution in [3.63, 3.8) is 0 Å². The summed E-state index contributed by atoms with van der Waals surface area (Å²) in [5.41, 5.74) is 1.01. The molecule has 6 nitrogen and oxygen atoms in total. The number of nitrogens with zero attached hydrogens (tertiary/aromatic N) is 1. The average molecular weight is 445 g/mol. The maximum Gasteiger partial charge on any atom is 0.241 e. The van der Waals surface area contributed by atoms with Crippen molar-refractivity contribution in [2.75, 3.05) is 17.1 Å². The molecule has 2 rings (SSSR count). The topological polar surface area (TPSA) is 75.7 Å². The second kappa shape index (κ2) is 9.49. The number of nitrogens with one attached hydrogen (secondary N) is 1. The molecule has 0 radical (unpaired) electrons. The molecule has 152 valence electrons. The predicted molar refractivity (Wildman–Crippen MR) is 113 cm³/mol. The molecule has 1 N–H and O–H groups in total. The lowest BCUT2D eigenvalue weighted by molar-refractivity contribution is -0.119. The molecule has 0 aliphatic heterocycles. The number of benzene rings is 2. The van der Waals surface area contributed by atoms with Gasteiger partial charge in [-0.2, -0.15) is 0 Å². The second-order valence-electron chi connectivity index (χ2n) is 6.43. The van der Waals surface area contributed by atoms with Crippen molar-refractivity contribution in [2.45, 2.75) is 26.5 Å². The summed E-state index contributed by atoms with van der Waals surface area (Å²) in [5.74, 6) is 0.271. The first-order valence-corrected chi connectivity index (χ1v) is 11.1. The summed E-state index contributed by atoms with van der Waals surface area (Å²) in [7, 11) is -3.74. The molecule has 2 aromatic rings. The van der Waals surface area contributed by atoms with Crippen LogP contribution in [-0.4, -0.2) is 33.2 Å². The predicted octanol–water partition coefficient (Wildman–Crippen LogP) is 3.86. The van der Waals surface area contributed by atoms with E-state index in [0.29, 0.717) is 0 Å². The molecule has 0 saturated heterocycles.